The molecule has 0 radical (unpaired) electrons. The Balaban J connectivity index is 1.66. The first-order valence-corrected chi connectivity index (χ1v) is 7.68. The number of carbonyl (C=O) groups excluding carboxylic acids is 2. The van der Waals surface area contributed by atoms with E-state index in [4.69, 9.17) is 9.47 Å². The molecule has 0 bridgehead atoms. The SMILES string of the molecule is CC(C)NC(=O)[C@@H]1CC[C@H]2CC[C@H](NC3OCO3)C(=O)N21. The first kappa shape index (κ1) is 14.7. The summed E-state index contributed by atoms with van der Waals surface area (Å²) in [5.41, 5.74) is 0. The van der Waals surface area contributed by atoms with Gasteiger partial charge in [-0.3, -0.25) is 14.9 Å². The fraction of sp³-hybridized carbons (Fsp3) is 0.857. The van der Waals surface area contributed by atoms with Gasteiger partial charge in [0, 0.05) is 12.1 Å². The Hall–Kier alpha value is -1.18. The summed E-state index contributed by atoms with van der Waals surface area (Å²) >= 11 is 0. The van der Waals surface area contributed by atoms with E-state index >= 15 is 0 Å². The number of carbonyl (C=O) groups is 2. The zero-order valence-electron chi connectivity index (χ0n) is 12.5. The molecule has 3 rings (SSSR count). The van der Waals surface area contributed by atoms with Crippen molar-refractivity contribution in [3.8, 4) is 0 Å². The van der Waals surface area contributed by atoms with Crippen LogP contribution in [0.15, 0.2) is 0 Å². The quantitative estimate of drug-likeness (QED) is 0.758. The fourth-order valence-electron chi connectivity index (χ4n) is 3.35. The van der Waals surface area contributed by atoms with Crippen molar-refractivity contribution in [2.24, 2.45) is 0 Å². The van der Waals surface area contributed by atoms with Gasteiger partial charge in [0.25, 0.3) is 0 Å². The Labute approximate surface area is 124 Å². The van der Waals surface area contributed by atoms with Gasteiger partial charge >= 0.3 is 0 Å². The Morgan fingerprint density at radius 2 is 1.95 bits per heavy atom. The van der Waals surface area contributed by atoms with Crippen LogP contribution >= 0.6 is 0 Å². The van der Waals surface area contributed by atoms with Crippen molar-refractivity contribution in [1.29, 1.82) is 0 Å². The molecule has 2 amide bonds. The summed E-state index contributed by atoms with van der Waals surface area (Å²) in [6.45, 7) is 4.13. The van der Waals surface area contributed by atoms with E-state index in [2.05, 4.69) is 10.6 Å². The summed E-state index contributed by atoms with van der Waals surface area (Å²) in [5, 5.41) is 5.96. The van der Waals surface area contributed by atoms with E-state index in [0.29, 0.717) is 0 Å². The molecule has 3 heterocycles. The summed E-state index contributed by atoms with van der Waals surface area (Å²) in [5.74, 6) is -0.0515. The van der Waals surface area contributed by atoms with Crippen molar-refractivity contribution in [3.05, 3.63) is 0 Å². The Bertz CT molecular complexity index is 424. The number of amides is 2. The van der Waals surface area contributed by atoms with E-state index in [9.17, 15) is 9.59 Å². The predicted octanol–water partition coefficient (Wildman–Crippen LogP) is -0.0895. The third-order valence-electron chi connectivity index (χ3n) is 4.35. The molecule has 2 N–H and O–H groups in total. The highest BCUT2D eigenvalue weighted by Gasteiger charge is 2.46. The van der Waals surface area contributed by atoms with Gasteiger partial charge in [0.05, 0.1) is 6.04 Å². The first-order chi connectivity index (χ1) is 10.1. The predicted molar refractivity (Wildman–Crippen MR) is 73.9 cm³/mol. The molecule has 21 heavy (non-hydrogen) atoms. The van der Waals surface area contributed by atoms with E-state index in [-0.39, 0.29) is 42.8 Å². The van der Waals surface area contributed by atoms with Crippen molar-refractivity contribution in [2.45, 2.75) is 70.1 Å². The molecule has 118 valence electrons. The number of rotatable bonds is 4. The Morgan fingerprint density at radius 3 is 2.57 bits per heavy atom. The van der Waals surface area contributed by atoms with Gasteiger partial charge in [-0.25, -0.2) is 0 Å². The van der Waals surface area contributed by atoms with E-state index < -0.39 is 6.41 Å². The van der Waals surface area contributed by atoms with Gasteiger partial charge < -0.3 is 19.7 Å². The van der Waals surface area contributed by atoms with Gasteiger partial charge in [0.2, 0.25) is 18.2 Å². The van der Waals surface area contributed by atoms with Gasteiger partial charge in [0.1, 0.15) is 6.04 Å². The molecule has 3 aliphatic rings. The Kier molecular flexibility index (Phi) is 4.14. The van der Waals surface area contributed by atoms with Gasteiger partial charge in [-0.1, -0.05) is 0 Å². The molecule has 3 saturated heterocycles. The van der Waals surface area contributed by atoms with Crippen LogP contribution in [-0.2, 0) is 19.1 Å². The van der Waals surface area contributed by atoms with Crippen LogP contribution in [0.2, 0.25) is 0 Å². The van der Waals surface area contributed by atoms with Crippen LogP contribution in [0.4, 0.5) is 0 Å². The van der Waals surface area contributed by atoms with Crippen LogP contribution in [0.3, 0.4) is 0 Å². The maximum Gasteiger partial charge on any atom is 0.243 e. The molecule has 7 nitrogen and oxygen atoms in total. The molecule has 7 heteroatoms. The average molecular weight is 297 g/mol. The molecule has 0 spiro atoms. The summed E-state index contributed by atoms with van der Waals surface area (Å²) in [6, 6.07) is -0.374. The number of piperidine rings is 1. The summed E-state index contributed by atoms with van der Waals surface area (Å²) < 4.78 is 10.3. The lowest BCUT2D eigenvalue weighted by atomic mass is 9.98. The maximum absolute atomic E-state index is 12.7. The lowest BCUT2D eigenvalue weighted by Crippen LogP contribution is -2.61. The van der Waals surface area contributed by atoms with E-state index in [1.807, 2.05) is 13.8 Å². The number of hydrogen-bond acceptors (Lipinski definition) is 5. The molecule has 0 unspecified atom stereocenters. The second-order valence-electron chi connectivity index (χ2n) is 6.24. The molecule has 3 aliphatic heterocycles. The highest BCUT2D eigenvalue weighted by molar-refractivity contribution is 5.91. The summed E-state index contributed by atoms with van der Waals surface area (Å²) in [6.07, 6.45) is 2.85. The minimum Gasteiger partial charge on any atom is -0.352 e. The van der Waals surface area contributed by atoms with Crippen molar-refractivity contribution in [2.75, 3.05) is 6.79 Å². The van der Waals surface area contributed by atoms with Crippen LogP contribution in [0.5, 0.6) is 0 Å². The molecule has 0 aliphatic carbocycles. The summed E-state index contributed by atoms with van der Waals surface area (Å²) in [4.78, 5) is 26.7. The zero-order chi connectivity index (χ0) is 15.0. The first-order valence-electron chi connectivity index (χ1n) is 7.68. The highest BCUT2D eigenvalue weighted by atomic mass is 16.9. The number of fused-ring (bicyclic) bond motifs is 1. The second kappa shape index (κ2) is 5.90. The van der Waals surface area contributed by atoms with Crippen LogP contribution in [0.25, 0.3) is 0 Å². The van der Waals surface area contributed by atoms with Crippen molar-refractivity contribution in [1.82, 2.24) is 15.5 Å². The molecule has 3 atom stereocenters. The van der Waals surface area contributed by atoms with E-state index in [1.54, 1.807) is 4.90 Å². The van der Waals surface area contributed by atoms with Crippen LogP contribution in [0, 0.1) is 0 Å². The van der Waals surface area contributed by atoms with Gasteiger partial charge in [-0.05, 0) is 39.5 Å². The molecular weight excluding hydrogens is 274 g/mol. The summed E-state index contributed by atoms with van der Waals surface area (Å²) in [7, 11) is 0. The van der Waals surface area contributed by atoms with Gasteiger partial charge in [-0.15, -0.1) is 0 Å². The van der Waals surface area contributed by atoms with Crippen LogP contribution in [0.1, 0.15) is 39.5 Å². The van der Waals surface area contributed by atoms with Crippen LogP contribution < -0.4 is 10.6 Å². The van der Waals surface area contributed by atoms with Crippen LogP contribution in [-0.4, -0.2) is 54.1 Å². The van der Waals surface area contributed by atoms with Gasteiger partial charge in [0.15, 0.2) is 6.79 Å². The van der Waals surface area contributed by atoms with Crippen molar-refractivity contribution in [3.63, 3.8) is 0 Å². The normalized spacial score (nSPS) is 33.0. The van der Waals surface area contributed by atoms with E-state index in [0.717, 1.165) is 25.7 Å². The third-order valence-corrected chi connectivity index (χ3v) is 4.35. The fourth-order valence-corrected chi connectivity index (χ4v) is 3.35. The lowest BCUT2D eigenvalue weighted by Gasteiger charge is -2.40. The highest BCUT2D eigenvalue weighted by Crippen LogP contribution is 2.33. The second-order valence-corrected chi connectivity index (χ2v) is 6.24. The third kappa shape index (κ3) is 2.90. The number of nitrogens with zero attached hydrogens (tertiary/aromatic N) is 1. The molecule has 0 aromatic heterocycles. The number of nitrogens with one attached hydrogen (secondary N) is 2. The van der Waals surface area contributed by atoms with Crippen molar-refractivity contribution < 1.29 is 19.1 Å². The smallest absolute Gasteiger partial charge is 0.243 e. The molecular formula is C14H23N3O4. The molecule has 3 fully saturated rings. The largest absolute Gasteiger partial charge is 0.352 e. The Morgan fingerprint density at radius 1 is 1.24 bits per heavy atom. The maximum atomic E-state index is 12.7. The average Bonchev–Trinajstić information content (AvgIpc) is 2.79. The lowest BCUT2D eigenvalue weighted by molar-refractivity contribution is -0.335. The number of ether oxygens (including phenoxy) is 2. The standard InChI is InChI=1S/C14H23N3O4/c1-8(2)15-12(18)11-6-4-9-3-5-10(13(19)17(9)11)16-14-20-7-21-14/h8-11,14,16H,3-7H2,1-2H3,(H,15,18)/t9-,10+,11+/m1/s1. The number of hydrogen-bond donors (Lipinski definition) is 2. The monoisotopic (exact) mass is 297 g/mol. The molecule has 0 aromatic carbocycles. The minimum atomic E-state index is -0.485. The minimum absolute atomic E-state index is 0.00763. The topological polar surface area (TPSA) is 79.9 Å². The van der Waals surface area contributed by atoms with E-state index in [1.165, 1.54) is 0 Å². The van der Waals surface area contributed by atoms with Gasteiger partial charge in [-0.2, -0.15) is 0 Å². The molecule has 0 aromatic rings. The molecule has 0 saturated carbocycles. The zero-order valence-corrected chi connectivity index (χ0v) is 12.5. The van der Waals surface area contributed by atoms with Crippen molar-refractivity contribution >= 4 is 11.8 Å².